The molecule has 0 fully saturated rings. The molecule has 0 aromatic heterocycles. The Kier molecular flexibility index (Phi) is 4.25. The molecule has 0 heterocycles. The van der Waals surface area contributed by atoms with Crippen molar-refractivity contribution in [2.45, 2.75) is 26.3 Å². The molecule has 0 aliphatic rings. The van der Waals surface area contributed by atoms with E-state index in [0.29, 0.717) is 21.9 Å². The summed E-state index contributed by atoms with van der Waals surface area (Å²) in [5, 5.41) is 24.3. The van der Waals surface area contributed by atoms with Gasteiger partial charge in [-0.15, -0.1) is 0 Å². The third-order valence-electron chi connectivity index (χ3n) is 1.94. The van der Waals surface area contributed by atoms with Crippen LogP contribution in [0.4, 0.5) is 5.69 Å². The summed E-state index contributed by atoms with van der Waals surface area (Å²) >= 11 is 5.16. The standard InChI is InChI=1S/C13H14N4S/c1-13(2,3)17-12(18)16-11-5-9(7-14)4-10(6-11)8-15/h4-6H,1-3H3,(H2,16,17,18). The first-order chi connectivity index (χ1) is 8.34. The number of rotatable bonds is 1. The second-order valence-electron chi connectivity index (χ2n) is 4.85. The molecule has 92 valence electrons. The molecule has 0 saturated heterocycles. The lowest BCUT2D eigenvalue weighted by atomic mass is 10.1. The normalized spacial score (nSPS) is 10.1. The van der Waals surface area contributed by atoms with Crippen molar-refractivity contribution in [1.29, 1.82) is 10.5 Å². The Hall–Kier alpha value is -2.11. The summed E-state index contributed by atoms with van der Waals surface area (Å²) in [4.78, 5) is 0. The van der Waals surface area contributed by atoms with Crippen LogP contribution in [0.1, 0.15) is 31.9 Å². The van der Waals surface area contributed by atoms with E-state index in [9.17, 15) is 0 Å². The van der Waals surface area contributed by atoms with E-state index in [1.165, 1.54) is 6.07 Å². The highest BCUT2D eigenvalue weighted by Gasteiger charge is 2.11. The van der Waals surface area contributed by atoms with Gasteiger partial charge in [-0.05, 0) is 51.2 Å². The molecule has 0 saturated carbocycles. The van der Waals surface area contributed by atoms with Gasteiger partial charge < -0.3 is 10.6 Å². The number of hydrogen-bond acceptors (Lipinski definition) is 3. The molecule has 2 N–H and O–H groups in total. The predicted octanol–water partition coefficient (Wildman–Crippen LogP) is 2.51. The molecular weight excluding hydrogens is 244 g/mol. The molecule has 0 spiro atoms. The molecule has 0 aliphatic carbocycles. The maximum Gasteiger partial charge on any atom is 0.171 e. The molecule has 4 nitrogen and oxygen atoms in total. The zero-order valence-electron chi connectivity index (χ0n) is 10.5. The van der Waals surface area contributed by atoms with Gasteiger partial charge in [0.15, 0.2) is 5.11 Å². The number of anilines is 1. The minimum Gasteiger partial charge on any atom is -0.358 e. The van der Waals surface area contributed by atoms with Crippen LogP contribution in [0.3, 0.4) is 0 Å². The molecular formula is C13H14N4S. The van der Waals surface area contributed by atoms with Crippen LogP contribution in [0.15, 0.2) is 18.2 Å². The van der Waals surface area contributed by atoms with Crippen LogP contribution in [0, 0.1) is 22.7 Å². The molecule has 1 rings (SSSR count). The lowest BCUT2D eigenvalue weighted by molar-refractivity contribution is 0.515. The van der Waals surface area contributed by atoms with Gasteiger partial charge in [-0.3, -0.25) is 0 Å². The zero-order chi connectivity index (χ0) is 13.8. The summed E-state index contributed by atoms with van der Waals surface area (Å²) in [5.74, 6) is 0. The average Bonchev–Trinajstić information content (AvgIpc) is 2.25. The summed E-state index contributed by atoms with van der Waals surface area (Å²) in [6.45, 7) is 5.98. The first-order valence-corrected chi connectivity index (χ1v) is 5.79. The van der Waals surface area contributed by atoms with Crippen molar-refractivity contribution in [3.63, 3.8) is 0 Å². The number of hydrogen-bond donors (Lipinski definition) is 2. The van der Waals surface area contributed by atoms with Crippen LogP contribution in [0.2, 0.25) is 0 Å². The minimum absolute atomic E-state index is 0.144. The second kappa shape index (κ2) is 5.48. The van der Waals surface area contributed by atoms with Crippen LogP contribution >= 0.6 is 12.2 Å². The van der Waals surface area contributed by atoms with E-state index in [2.05, 4.69) is 10.6 Å². The molecule has 0 aliphatic heterocycles. The molecule has 0 amide bonds. The van der Waals surface area contributed by atoms with Gasteiger partial charge >= 0.3 is 0 Å². The highest BCUT2D eigenvalue weighted by molar-refractivity contribution is 7.80. The van der Waals surface area contributed by atoms with E-state index < -0.39 is 0 Å². The van der Waals surface area contributed by atoms with Gasteiger partial charge in [0.2, 0.25) is 0 Å². The maximum atomic E-state index is 8.87. The maximum absolute atomic E-state index is 8.87. The van der Waals surface area contributed by atoms with Crippen molar-refractivity contribution in [2.75, 3.05) is 5.32 Å². The van der Waals surface area contributed by atoms with Crippen LogP contribution in [0.5, 0.6) is 0 Å². The Morgan fingerprint density at radius 2 is 1.61 bits per heavy atom. The Balaban J connectivity index is 2.89. The predicted molar refractivity (Wildman–Crippen MR) is 75.0 cm³/mol. The van der Waals surface area contributed by atoms with Gasteiger partial charge in [-0.1, -0.05) is 0 Å². The van der Waals surface area contributed by atoms with Crippen molar-refractivity contribution in [1.82, 2.24) is 5.32 Å². The summed E-state index contributed by atoms with van der Waals surface area (Å²) in [5.41, 5.74) is 1.34. The third kappa shape index (κ3) is 4.40. The molecule has 1 aromatic carbocycles. The smallest absolute Gasteiger partial charge is 0.171 e. The zero-order valence-corrected chi connectivity index (χ0v) is 11.4. The SMILES string of the molecule is CC(C)(C)NC(=S)Nc1cc(C#N)cc(C#N)c1. The Morgan fingerprint density at radius 3 is 2.00 bits per heavy atom. The van der Waals surface area contributed by atoms with Gasteiger partial charge in [0.25, 0.3) is 0 Å². The first-order valence-electron chi connectivity index (χ1n) is 5.38. The molecule has 0 bridgehead atoms. The van der Waals surface area contributed by atoms with E-state index in [4.69, 9.17) is 22.7 Å². The largest absolute Gasteiger partial charge is 0.358 e. The second-order valence-corrected chi connectivity index (χ2v) is 5.26. The van der Waals surface area contributed by atoms with E-state index in [-0.39, 0.29) is 5.54 Å². The van der Waals surface area contributed by atoms with E-state index in [1.807, 2.05) is 32.9 Å². The van der Waals surface area contributed by atoms with Crippen LogP contribution in [-0.4, -0.2) is 10.7 Å². The molecule has 18 heavy (non-hydrogen) atoms. The Morgan fingerprint density at radius 1 is 1.11 bits per heavy atom. The summed E-state index contributed by atoms with van der Waals surface area (Å²) in [6, 6.07) is 8.85. The Labute approximate surface area is 112 Å². The van der Waals surface area contributed by atoms with Crippen molar-refractivity contribution in [3.05, 3.63) is 29.3 Å². The average molecular weight is 258 g/mol. The summed E-state index contributed by atoms with van der Waals surface area (Å²) in [7, 11) is 0. The number of nitrogens with one attached hydrogen (secondary N) is 2. The lowest BCUT2D eigenvalue weighted by Crippen LogP contribution is -2.42. The molecule has 5 heteroatoms. The summed E-state index contributed by atoms with van der Waals surface area (Å²) < 4.78 is 0. The van der Waals surface area contributed by atoms with E-state index in [1.54, 1.807) is 12.1 Å². The quantitative estimate of drug-likeness (QED) is 0.757. The number of nitriles is 2. The van der Waals surface area contributed by atoms with Gasteiger partial charge in [-0.25, -0.2) is 0 Å². The first kappa shape index (κ1) is 14.0. The summed E-state index contributed by atoms with van der Waals surface area (Å²) in [6.07, 6.45) is 0. The van der Waals surface area contributed by atoms with Crippen LogP contribution < -0.4 is 10.6 Å². The highest BCUT2D eigenvalue weighted by atomic mass is 32.1. The molecule has 1 aromatic rings. The molecule has 0 radical (unpaired) electrons. The van der Waals surface area contributed by atoms with Gasteiger partial charge in [0, 0.05) is 11.2 Å². The number of nitrogens with zero attached hydrogens (tertiary/aromatic N) is 2. The van der Waals surface area contributed by atoms with Crippen LogP contribution in [0.25, 0.3) is 0 Å². The minimum atomic E-state index is -0.144. The number of benzene rings is 1. The fourth-order valence-electron chi connectivity index (χ4n) is 1.33. The molecule has 0 atom stereocenters. The lowest BCUT2D eigenvalue weighted by Gasteiger charge is -2.23. The van der Waals surface area contributed by atoms with Crippen molar-refractivity contribution < 1.29 is 0 Å². The van der Waals surface area contributed by atoms with Gasteiger partial charge in [0.05, 0.1) is 23.3 Å². The fraction of sp³-hybridized carbons (Fsp3) is 0.308. The van der Waals surface area contributed by atoms with Crippen molar-refractivity contribution >= 4 is 23.0 Å². The monoisotopic (exact) mass is 258 g/mol. The third-order valence-corrected chi connectivity index (χ3v) is 2.14. The highest BCUT2D eigenvalue weighted by Crippen LogP contribution is 2.14. The van der Waals surface area contributed by atoms with Crippen LogP contribution in [-0.2, 0) is 0 Å². The molecule has 0 unspecified atom stereocenters. The number of thiocarbonyl (C=S) groups is 1. The topological polar surface area (TPSA) is 71.6 Å². The van der Waals surface area contributed by atoms with Gasteiger partial charge in [-0.2, -0.15) is 10.5 Å². The fourth-order valence-corrected chi connectivity index (χ4v) is 1.76. The van der Waals surface area contributed by atoms with E-state index >= 15 is 0 Å². The van der Waals surface area contributed by atoms with Crippen molar-refractivity contribution in [3.8, 4) is 12.1 Å². The van der Waals surface area contributed by atoms with Gasteiger partial charge in [0.1, 0.15) is 0 Å². The van der Waals surface area contributed by atoms with E-state index in [0.717, 1.165) is 0 Å². The van der Waals surface area contributed by atoms with Crippen molar-refractivity contribution in [2.24, 2.45) is 0 Å². The Bertz CT molecular complexity index is 511.